The largest absolute Gasteiger partial charge is 0.453 e. The average molecular weight is 623 g/mol. The number of fused-ring (bicyclic) bond motifs is 1. The van der Waals surface area contributed by atoms with Crippen LogP contribution in [0.25, 0.3) is 11.0 Å². The van der Waals surface area contributed by atoms with E-state index < -0.39 is 29.1 Å². The second kappa shape index (κ2) is 13.1. The zero-order valence-corrected chi connectivity index (χ0v) is 26.1. The smallest absolute Gasteiger partial charge is 0.449 e. The van der Waals surface area contributed by atoms with Crippen LogP contribution in [0.5, 0.6) is 17.2 Å². The maximum absolute atomic E-state index is 14.5. The summed E-state index contributed by atoms with van der Waals surface area (Å²) >= 11 is 0. The first-order chi connectivity index (χ1) is 21.3. The molecule has 0 unspecified atom stereocenters. The van der Waals surface area contributed by atoms with Gasteiger partial charge in [-0.1, -0.05) is 58.4 Å². The molecular weight excluding hydrogens is 583 g/mol. The molecule has 2 heterocycles. The number of quaternary nitrogens is 1. The highest BCUT2D eigenvalue weighted by Gasteiger charge is 2.41. The molecule has 1 aliphatic rings. The predicted octanol–water partition coefficient (Wildman–Crippen LogP) is 7.64. The fourth-order valence-corrected chi connectivity index (χ4v) is 5.70. The highest BCUT2D eigenvalue weighted by atomic mass is 19.4. The van der Waals surface area contributed by atoms with E-state index in [0.717, 1.165) is 61.2 Å². The summed E-state index contributed by atoms with van der Waals surface area (Å²) in [5.74, 6) is -2.98. The molecule has 0 atom stereocenters. The molecule has 1 fully saturated rings. The average Bonchev–Trinajstić information content (AvgIpc) is 3.00. The number of rotatable bonds is 8. The molecule has 0 aliphatic carbocycles. The summed E-state index contributed by atoms with van der Waals surface area (Å²) in [5, 5.41) is -0.0821. The van der Waals surface area contributed by atoms with Crippen LogP contribution in [0.1, 0.15) is 86.2 Å². The number of carbonyl (C=O) groups is 1. The first kappa shape index (κ1) is 32.3. The summed E-state index contributed by atoms with van der Waals surface area (Å²) in [5.41, 5.74) is 1.25. The summed E-state index contributed by atoms with van der Waals surface area (Å²) < 4.78 is 60.3. The van der Waals surface area contributed by atoms with Crippen LogP contribution < -0.4 is 19.8 Å². The zero-order valence-electron chi connectivity index (χ0n) is 26.1. The number of alkyl halides is 3. The molecule has 1 N–H and O–H groups in total. The molecule has 4 aromatic rings. The molecule has 0 radical (unpaired) electrons. The molecule has 1 aliphatic heterocycles. The van der Waals surface area contributed by atoms with Gasteiger partial charge < -0.3 is 18.8 Å². The Bertz CT molecular complexity index is 1710. The number of ether oxygens (including phenoxy) is 2. The lowest BCUT2D eigenvalue weighted by Gasteiger charge is -2.25. The molecule has 5 rings (SSSR count). The van der Waals surface area contributed by atoms with Gasteiger partial charge in [0, 0.05) is 0 Å². The van der Waals surface area contributed by atoms with Gasteiger partial charge in [-0.25, -0.2) is 4.79 Å². The molecule has 6 nitrogen and oxygen atoms in total. The van der Waals surface area contributed by atoms with Crippen molar-refractivity contribution in [2.45, 2.75) is 77.9 Å². The normalized spacial score (nSPS) is 14.5. The first-order valence-electron chi connectivity index (χ1n) is 15.5. The maximum atomic E-state index is 14.5. The number of hydrogen-bond donors (Lipinski definition) is 1. The van der Waals surface area contributed by atoms with Gasteiger partial charge in [-0.15, -0.1) is 0 Å². The lowest BCUT2D eigenvalue weighted by Crippen LogP contribution is -3.11. The second-order valence-electron chi connectivity index (χ2n) is 12.7. The lowest BCUT2D eigenvalue weighted by atomic mass is 9.87. The number of benzene rings is 3. The van der Waals surface area contributed by atoms with Gasteiger partial charge in [-0.3, -0.25) is 4.79 Å². The monoisotopic (exact) mass is 622 g/mol. The van der Waals surface area contributed by atoms with Crippen molar-refractivity contribution in [2.24, 2.45) is 0 Å². The number of hydrogen-bond acceptors (Lipinski definition) is 5. The molecule has 1 aromatic heterocycles. The number of esters is 1. The predicted molar refractivity (Wildman–Crippen MR) is 166 cm³/mol. The Morgan fingerprint density at radius 2 is 1.58 bits per heavy atom. The van der Waals surface area contributed by atoms with Crippen LogP contribution in [0, 0.1) is 0 Å². The molecule has 0 saturated carbocycles. The molecule has 45 heavy (non-hydrogen) atoms. The van der Waals surface area contributed by atoms with Crippen LogP contribution >= 0.6 is 0 Å². The van der Waals surface area contributed by atoms with Gasteiger partial charge in [-0.2, -0.15) is 13.2 Å². The van der Waals surface area contributed by atoms with Gasteiger partial charge in [-0.05, 0) is 78.6 Å². The van der Waals surface area contributed by atoms with Crippen molar-refractivity contribution >= 4 is 16.9 Å². The van der Waals surface area contributed by atoms with E-state index in [-0.39, 0.29) is 40.0 Å². The van der Waals surface area contributed by atoms with Gasteiger partial charge in [0.1, 0.15) is 18.0 Å². The van der Waals surface area contributed by atoms with Gasteiger partial charge in [0.25, 0.3) is 5.76 Å². The second-order valence-corrected chi connectivity index (χ2v) is 12.7. The van der Waals surface area contributed by atoms with Gasteiger partial charge in [0.15, 0.2) is 5.58 Å². The van der Waals surface area contributed by atoms with E-state index in [1.807, 2.05) is 19.1 Å². The van der Waals surface area contributed by atoms with Crippen LogP contribution in [0.2, 0.25) is 0 Å². The zero-order chi connectivity index (χ0) is 32.4. The SMILES string of the molecule is CCCc1ccc(Oc2c(C(F)(F)F)oc3c(C[NH+]4CCCCC4)c(OC(=O)c4ccc(C(C)(C)C)cc4)ccc3c2=O)cc1. The minimum atomic E-state index is -5.03. The van der Waals surface area contributed by atoms with Gasteiger partial charge in [0.2, 0.25) is 11.2 Å². The van der Waals surface area contributed by atoms with E-state index in [1.54, 1.807) is 24.3 Å². The van der Waals surface area contributed by atoms with E-state index in [0.29, 0.717) is 5.56 Å². The Hall–Kier alpha value is -4.11. The van der Waals surface area contributed by atoms with Crippen LogP contribution in [-0.4, -0.2) is 19.1 Å². The van der Waals surface area contributed by atoms with Gasteiger partial charge in [0.05, 0.1) is 29.6 Å². The number of nitrogens with one attached hydrogen (secondary N) is 1. The van der Waals surface area contributed by atoms with Crippen molar-refractivity contribution in [3.8, 4) is 17.2 Å². The van der Waals surface area contributed by atoms with E-state index in [9.17, 15) is 22.8 Å². The van der Waals surface area contributed by atoms with Crippen LogP contribution in [0.3, 0.4) is 0 Å². The Morgan fingerprint density at radius 1 is 0.911 bits per heavy atom. The quantitative estimate of drug-likeness (QED) is 0.162. The molecular formula is C36H39F3NO5+. The summed E-state index contributed by atoms with van der Waals surface area (Å²) in [4.78, 5) is 28.0. The number of carbonyl (C=O) groups excluding carboxylic acids is 1. The molecule has 3 aromatic carbocycles. The third-order valence-electron chi connectivity index (χ3n) is 8.19. The fraction of sp³-hybridized carbons (Fsp3) is 0.389. The van der Waals surface area contributed by atoms with E-state index in [4.69, 9.17) is 13.9 Å². The Balaban J connectivity index is 1.59. The third-order valence-corrected chi connectivity index (χ3v) is 8.19. The highest BCUT2D eigenvalue weighted by molar-refractivity contribution is 5.92. The lowest BCUT2D eigenvalue weighted by molar-refractivity contribution is -0.918. The molecule has 0 amide bonds. The maximum Gasteiger partial charge on any atom is 0.453 e. The summed E-state index contributed by atoms with van der Waals surface area (Å²) in [6, 6.07) is 16.4. The highest BCUT2D eigenvalue weighted by Crippen LogP contribution is 2.40. The molecule has 0 bridgehead atoms. The summed E-state index contributed by atoms with van der Waals surface area (Å²) in [6.45, 7) is 10.0. The number of likely N-dealkylation sites (tertiary alicyclic amines) is 1. The molecule has 238 valence electrons. The van der Waals surface area contributed by atoms with Crippen molar-refractivity contribution in [3.05, 3.63) is 98.9 Å². The molecule has 1 saturated heterocycles. The topological polar surface area (TPSA) is 70.2 Å². The van der Waals surface area contributed by atoms with E-state index in [2.05, 4.69) is 20.8 Å². The van der Waals surface area contributed by atoms with Crippen LogP contribution in [-0.2, 0) is 24.6 Å². The van der Waals surface area contributed by atoms with Crippen LogP contribution in [0.4, 0.5) is 13.2 Å². The number of piperidine rings is 1. The summed E-state index contributed by atoms with van der Waals surface area (Å²) in [7, 11) is 0. The van der Waals surface area contributed by atoms with Crippen molar-refractivity contribution in [2.75, 3.05) is 13.1 Å². The van der Waals surface area contributed by atoms with E-state index >= 15 is 0 Å². The molecule has 9 heteroatoms. The first-order valence-corrected chi connectivity index (χ1v) is 15.5. The Kier molecular flexibility index (Phi) is 9.39. The van der Waals surface area contributed by atoms with Crippen molar-refractivity contribution in [1.29, 1.82) is 0 Å². The van der Waals surface area contributed by atoms with E-state index in [1.165, 1.54) is 24.3 Å². The minimum absolute atomic E-state index is 0.0573. The third kappa shape index (κ3) is 7.41. The Labute approximate surface area is 260 Å². The fourth-order valence-electron chi connectivity index (χ4n) is 5.70. The number of halogens is 3. The van der Waals surface area contributed by atoms with Crippen LogP contribution in [0.15, 0.2) is 69.9 Å². The Morgan fingerprint density at radius 3 is 2.18 bits per heavy atom. The van der Waals surface area contributed by atoms with Crippen molar-refractivity contribution in [3.63, 3.8) is 0 Å². The van der Waals surface area contributed by atoms with Crippen molar-refractivity contribution in [1.82, 2.24) is 0 Å². The van der Waals surface area contributed by atoms with Gasteiger partial charge >= 0.3 is 12.1 Å². The summed E-state index contributed by atoms with van der Waals surface area (Å²) in [6.07, 6.45) is -0.317. The minimum Gasteiger partial charge on any atom is -0.449 e. The standard InChI is InChI=1S/C36H38F3NO5/c1-5-9-23-10-16-26(17-11-23)43-32-30(41)27-18-19-29(44-34(42)24-12-14-25(15-13-24)35(2,3)4)28(22-40-20-7-6-8-21-40)31(27)45-33(32)36(37,38)39/h10-19H,5-9,20-22H2,1-4H3/p+1. The number of aryl methyl sites for hydroxylation is 1. The van der Waals surface area contributed by atoms with Crippen molar-refractivity contribution < 1.29 is 36.8 Å². The molecule has 0 spiro atoms.